The van der Waals surface area contributed by atoms with E-state index in [9.17, 15) is 4.79 Å². The molecule has 0 radical (unpaired) electrons. The van der Waals surface area contributed by atoms with Crippen LogP contribution in [0.3, 0.4) is 0 Å². The summed E-state index contributed by atoms with van der Waals surface area (Å²) in [5, 5.41) is 0.962. The average molecular weight is 302 g/mol. The Kier molecular flexibility index (Phi) is 6.31. The molecule has 0 saturated carbocycles. The van der Waals surface area contributed by atoms with Gasteiger partial charge in [-0.1, -0.05) is 43.5 Å². The fourth-order valence-electron chi connectivity index (χ4n) is 1.89. The predicted octanol–water partition coefficient (Wildman–Crippen LogP) is 4.54. The average Bonchev–Trinajstić information content (AvgIpc) is 2.36. The molecule has 1 aromatic carbocycles. The minimum atomic E-state index is -0.187. The summed E-state index contributed by atoms with van der Waals surface area (Å²) in [5.41, 5.74) is 0.537. The molecular formula is C15H21Cl2NO. The normalized spacial score (nSPS) is 14.5. The Morgan fingerprint density at radius 1 is 1.32 bits per heavy atom. The summed E-state index contributed by atoms with van der Waals surface area (Å²) < 4.78 is 0. The Bertz CT molecular complexity index is 448. The standard InChI is InChI=1S/C15H21Cl2NO/c1-5-10(2)9-18(4)11(3)15(19)13-7-6-12(16)8-14(13)17/h6-8,10-11H,5,9H2,1-4H3. The van der Waals surface area contributed by atoms with E-state index in [1.54, 1.807) is 18.2 Å². The van der Waals surface area contributed by atoms with Gasteiger partial charge in [-0.2, -0.15) is 0 Å². The maximum Gasteiger partial charge on any atom is 0.181 e. The molecule has 1 aromatic rings. The van der Waals surface area contributed by atoms with E-state index in [2.05, 4.69) is 18.7 Å². The summed E-state index contributed by atoms with van der Waals surface area (Å²) in [5.74, 6) is 0.605. The number of likely N-dealkylation sites (N-methyl/N-ethyl adjacent to an activating group) is 1. The first-order valence-corrected chi connectivity index (χ1v) is 7.31. The number of rotatable bonds is 6. The second-order valence-electron chi connectivity index (χ2n) is 5.12. The molecule has 106 valence electrons. The lowest BCUT2D eigenvalue weighted by molar-refractivity contribution is 0.0854. The Balaban J connectivity index is 2.81. The second-order valence-corrected chi connectivity index (χ2v) is 5.96. The molecular weight excluding hydrogens is 281 g/mol. The van der Waals surface area contributed by atoms with Crippen LogP contribution in [0.4, 0.5) is 0 Å². The van der Waals surface area contributed by atoms with Crippen molar-refractivity contribution in [3.05, 3.63) is 33.8 Å². The molecule has 0 fully saturated rings. The van der Waals surface area contributed by atoms with Crippen LogP contribution in [-0.4, -0.2) is 30.3 Å². The number of carbonyl (C=O) groups excluding carboxylic acids is 1. The van der Waals surface area contributed by atoms with E-state index in [0.29, 0.717) is 21.5 Å². The third-order valence-electron chi connectivity index (χ3n) is 3.53. The van der Waals surface area contributed by atoms with E-state index in [-0.39, 0.29) is 11.8 Å². The number of carbonyl (C=O) groups is 1. The van der Waals surface area contributed by atoms with Gasteiger partial charge in [0.2, 0.25) is 0 Å². The van der Waals surface area contributed by atoms with Crippen LogP contribution in [-0.2, 0) is 0 Å². The summed E-state index contributed by atoms with van der Waals surface area (Å²) in [6.07, 6.45) is 1.10. The summed E-state index contributed by atoms with van der Waals surface area (Å²) in [6, 6.07) is 4.81. The molecule has 2 unspecified atom stereocenters. The number of benzene rings is 1. The molecule has 0 bridgehead atoms. The first-order valence-electron chi connectivity index (χ1n) is 6.56. The number of ketones is 1. The van der Waals surface area contributed by atoms with Crippen LogP contribution in [0.2, 0.25) is 10.0 Å². The third-order valence-corrected chi connectivity index (χ3v) is 4.08. The Morgan fingerprint density at radius 2 is 1.95 bits per heavy atom. The quantitative estimate of drug-likeness (QED) is 0.719. The van der Waals surface area contributed by atoms with E-state index in [1.807, 2.05) is 14.0 Å². The van der Waals surface area contributed by atoms with Crippen molar-refractivity contribution in [1.29, 1.82) is 0 Å². The summed E-state index contributed by atoms with van der Waals surface area (Å²) >= 11 is 11.9. The van der Waals surface area contributed by atoms with Crippen LogP contribution in [0, 0.1) is 5.92 Å². The first kappa shape index (κ1) is 16.5. The van der Waals surface area contributed by atoms with Crippen LogP contribution in [0.5, 0.6) is 0 Å². The van der Waals surface area contributed by atoms with Crippen molar-refractivity contribution < 1.29 is 4.79 Å². The molecule has 0 aromatic heterocycles. The lowest BCUT2D eigenvalue weighted by Crippen LogP contribution is -2.38. The molecule has 0 spiro atoms. The highest BCUT2D eigenvalue weighted by atomic mass is 35.5. The summed E-state index contributed by atoms with van der Waals surface area (Å²) in [4.78, 5) is 14.5. The summed E-state index contributed by atoms with van der Waals surface area (Å²) in [6.45, 7) is 7.15. The lowest BCUT2D eigenvalue weighted by atomic mass is 10.0. The van der Waals surface area contributed by atoms with Gasteiger partial charge in [0.1, 0.15) is 0 Å². The van der Waals surface area contributed by atoms with Crippen LogP contribution >= 0.6 is 23.2 Å². The van der Waals surface area contributed by atoms with Crippen molar-refractivity contribution >= 4 is 29.0 Å². The van der Waals surface area contributed by atoms with Crippen molar-refractivity contribution in [3.63, 3.8) is 0 Å². The first-order chi connectivity index (χ1) is 8.86. The Morgan fingerprint density at radius 3 is 2.47 bits per heavy atom. The number of Topliss-reactive ketones (excluding diaryl/α,β-unsaturated/α-hetero) is 1. The van der Waals surface area contributed by atoms with Gasteiger partial charge in [0, 0.05) is 17.1 Å². The van der Waals surface area contributed by atoms with Crippen molar-refractivity contribution in [2.24, 2.45) is 5.92 Å². The molecule has 1 rings (SSSR count). The molecule has 0 amide bonds. The number of hydrogen-bond donors (Lipinski definition) is 0. The highest BCUT2D eigenvalue weighted by Crippen LogP contribution is 2.23. The zero-order valence-electron chi connectivity index (χ0n) is 11.9. The zero-order chi connectivity index (χ0) is 14.6. The molecule has 2 atom stereocenters. The largest absolute Gasteiger partial charge is 0.296 e. The van der Waals surface area contributed by atoms with Crippen molar-refractivity contribution in [3.8, 4) is 0 Å². The number of hydrogen-bond acceptors (Lipinski definition) is 2. The van der Waals surface area contributed by atoms with Gasteiger partial charge in [-0.3, -0.25) is 9.69 Å². The van der Waals surface area contributed by atoms with Crippen molar-refractivity contribution in [2.75, 3.05) is 13.6 Å². The van der Waals surface area contributed by atoms with Gasteiger partial charge in [0.15, 0.2) is 5.78 Å². The van der Waals surface area contributed by atoms with Crippen LogP contribution < -0.4 is 0 Å². The minimum absolute atomic E-state index is 0.0347. The van der Waals surface area contributed by atoms with Gasteiger partial charge in [-0.05, 0) is 38.1 Å². The van der Waals surface area contributed by atoms with E-state index in [0.717, 1.165) is 13.0 Å². The topological polar surface area (TPSA) is 20.3 Å². The van der Waals surface area contributed by atoms with E-state index in [1.165, 1.54) is 0 Å². The molecule has 2 nitrogen and oxygen atoms in total. The monoisotopic (exact) mass is 301 g/mol. The molecule has 0 N–H and O–H groups in total. The molecule has 0 aliphatic rings. The summed E-state index contributed by atoms with van der Waals surface area (Å²) in [7, 11) is 1.97. The van der Waals surface area contributed by atoms with Gasteiger partial charge in [-0.15, -0.1) is 0 Å². The maximum absolute atomic E-state index is 12.4. The third kappa shape index (κ3) is 4.48. The smallest absolute Gasteiger partial charge is 0.181 e. The number of halogens is 2. The van der Waals surface area contributed by atoms with Crippen LogP contribution in [0.25, 0.3) is 0 Å². The van der Waals surface area contributed by atoms with E-state index >= 15 is 0 Å². The van der Waals surface area contributed by atoms with Gasteiger partial charge in [0.05, 0.1) is 11.1 Å². The fraction of sp³-hybridized carbons (Fsp3) is 0.533. The van der Waals surface area contributed by atoms with Crippen LogP contribution in [0.15, 0.2) is 18.2 Å². The SMILES string of the molecule is CCC(C)CN(C)C(C)C(=O)c1ccc(Cl)cc1Cl. The van der Waals surface area contributed by atoms with Crippen molar-refractivity contribution in [2.45, 2.75) is 33.2 Å². The van der Waals surface area contributed by atoms with Gasteiger partial charge >= 0.3 is 0 Å². The molecule has 0 aliphatic heterocycles. The lowest BCUT2D eigenvalue weighted by Gasteiger charge is -2.26. The highest BCUT2D eigenvalue weighted by Gasteiger charge is 2.22. The van der Waals surface area contributed by atoms with Gasteiger partial charge < -0.3 is 0 Å². The molecule has 4 heteroatoms. The molecule has 0 aliphatic carbocycles. The molecule has 0 heterocycles. The highest BCUT2D eigenvalue weighted by molar-refractivity contribution is 6.37. The minimum Gasteiger partial charge on any atom is -0.296 e. The molecule has 19 heavy (non-hydrogen) atoms. The van der Waals surface area contributed by atoms with E-state index in [4.69, 9.17) is 23.2 Å². The fourth-order valence-corrected chi connectivity index (χ4v) is 2.39. The van der Waals surface area contributed by atoms with Gasteiger partial charge in [0.25, 0.3) is 0 Å². The Hall–Kier alpha value is -0.570. The number of nitrogens with zero attached hydrogens (tertiary/aromatic N) is 1. The van der Waals surface area contributed by atoms with E-state index < -0.39 is 0 Å². The zero-order valence-corrected chi connectivity index (χ0v) is 13.4. The van der Waals surface area contributed by atoms with Gasteiger partial charge in [-0.25, -0.2) is 0 Å². The Labute approximate surface area is 125 Å². The van der Waals surface area contributed by atoms with Crippen molar-refractivity contribution in [1.82, 2.24) is 4.90 Å². The van der Waals surface area contributed by atoms with Crippen LogP contribution in [0.1, 0.15) is 37.6 Å². The predicted molar refractivity (Wildman–Crippen MR) is 82.3 cm³/mol. The molecule has 0 saturated heterocycles. The second kappa shape index (κ2) is 7.28. The maximum atomic E-state index is 12.4.